The second kappa shape index (κ2) is 8.35. The highest BCUT2D eigenvalue weighted by atomic mass is 16.2. The Morgan fingerprint density at radius 2 is 1.96 bits per heavy atom. The number of hydrogen-bond donors (Lipinski definition) is 1. The van der Waals surface area contributed by atoms with E-state index in [4.69, 9.17) is 0 Å². The van der Waals surface area contributed by atoms with Gasteiger partial charge in [-0.3, -0.25) is 14.5 Å². The molecule has 0 radical (unpaired) electrons. The first-order chi connectivity index (χ1) is 12.9. The van der Waals surface area contributed by atoms with Crippen LogP contribution in [0.4, 0.5) is 11.4 Å². The fourth-order valence-corrected chi connectivity index (χ4v) is 3.52. The van der Waals surface area contributed by atoms with Crippen LogP contribution in [0.5, 0.6) is 0 Å². The average Bonchev–Trinajstić information content (AvgIpc) is 3.03. The molecule has 1 heterocycles. The molecular formula is C22H27N3O2. The van der Waals surface area contributed by atoms with Gasteiger partial charge in [0.05, 0.1) is 17.9 Å². The van der Waals surface area contributed by atoms with Gasteiger partial charge >= 0.3 is 0 Å². The molecule has 5 heteroatoms. The molecule has 0 aliphatic carbocycles. The first-order valence-corrected chi connectivity index (χ1v) is 9.38. The predicted octanol–water partition coefficient (Wildman–Crippen LogP) is 3.50. The first-order valence-electron chi connectivity index (χ1n) is 9.38. The largest absolute Gasteiger partial charge is 0.323 e. The molecule has 2 amide bonds. The number of rotatable bonds is 6. The number of amides is 2. The lowest BCUT2D eigenvalue weighted by molar-refractivity contribution is -0.118. The van der Waals surface area contributed by atoms with Crippen LogP contribution in [0.1, 0.15) is 29.5 Å². The highest BCUT2D eigenvalue weighted by Crippen LogP contribution is 2.29. The number of aryl methyl sites for hydroxylation is 2. The van der Waals surface area contributed by atoms with Gasteiger partial charge in [-0.05, 0) is 50.6 Å². The van der Waals surface area contributed by atoms with Crippen molar-refractivity contribution in [1.29, 1.82) is 0 Å². The zero-order valence-electron chi connectivity index (χ0n) is 16.3. The maximum atomic E-state index is 12.5. The third-order valence-corrected chi connectivity index (χ3v) is 4.89. The van der Waals surface area contributed by atoms with E-state index in [1.165, 1.54) is 16.7 Å². The highest BCUT2D eigenvalue weighted by Gasteiger charge is 2.24. The number of anilines is 2. The number of hydrogen-bond acceptors (Lipinski definition) is 3. The van der Waals surface area contributed by atoms with Crippen LogP contribution in [-0.4, -0.2) is 36.9 Å². The molecule has 0 aromatic heterocycles. The van der Waals surface area contributed by atoms with Gasteiger partial charge in [-0.2, -0.15) is 0 Å². The van der Waals surface area contributed by atoms with Crippen molar-refractivity contribution in [1.82, 2.24) is 4.90 Å². The molecule has 3 rings (SSSR count). The fourth-order valence-electron chi connectivity index (χ4n) is 3.52. The molecular weight excluding hydrogens is 338 g/mol. The second-order valence-corrected chi connectivity index (χ2v) is 7.32. The molecule has 0 atom stereocenters. The zero-order chi connectivity index (χ0) is 19.4. The van der Waals surface area contributed by atoms with Gasteiger partial charge in [-0.15, -0.1) is 0 Å². The van der Waals surface area contributed by atoms with Gasteiger partial charge in [0.15, 0.2) is 0 Å². The van der Waals surface area contributed by atoms with E-state index >= 15 is 0 Å². The predicted molar refractivity (Wildman–Crippen MR) is 109 cm³/mol. The average molecular weight is 365 g/mol. The van der Waals surface area contributed by atoms with Crippen molar-refractivity contribution in [2.24, 2.45) is 0 Å². The van der Waals surface area contributed by atoms with Gasteiger partial charge in [0, 0.05) is 19.5 Å². The lowest BCUT2D eigenvalue weighted by atomic mass is 10.1. The van der Waals surface area contributed by atoms with E-state index in [2.05, 4.69) is 37.4 Å². The molecule has 142 valence electrons. The minimum Gasteiger partial charge on any atom is -0.323 e. The summed E-state index contributed by atoms with van der Waals surface area (Å²) in [5, 5.41) is 2.97. The molecule has 27 heavy (non-hydrogen) atoms. The van der Waals surface area contributed by atoms with Gasteiger partial charge < -0.3 is 10.2 Å². The quantitative estimate of drug-likeness (QED) is 0.852. The maximum Gasteiger partial charge on any atom is 0.238 e. The van der Waals surface area contributed by atoms with Crippen LogP contribution < -0.4 is 10.2 Å². The monoisotopic (exact) mass is 365 g/mol. The van der Waals surface area contributed by atoms with Crippen LogP contribution in [0, 0.1) is 13.8 Å². The number of nitrogens with zero attached hydrogens (tertiary/aromatic N) is 2. The third kappa shape index (κ3) is 4.74. The van der Waals surface area contributed by atoms with Crippen molar-refractivity contribution in [2.75, 3.05) is 30.4 Å². The Morgan fingerprint density at radius 3 is 2.67 bits per heavy atom. The Kier molecular flexibility index (Phi) is 5.91. The number of para-hydroxylation sites is 2. The Balaban J connectivity index is 1.63. The molecule has 5 nitrogen and oxygen atoms in total. The summed E-state index contributed by atoms with van der Waals surface area (Å²) in [6.45, 7) is 5.88. The highest BCUT2D eigenvalue weighted by molar-refractivity contribution is 6.02. The molecule has 1 aliphatic heterocycles. The summed E-state index contributed by atoms with van der Waals surface area (Å²) in [5.74, 6) is 0.0324. The van der Waals surface area contributed by atoms with E-state index in [0.717, 1.165) is 12.1 Å². The van der Waals surface area contributed by atoms with E-state index in [1.807, 2.05) is 36.2 Å². The number of benzene rings is 2. The Morgan fingerprint density at radius 1 is 1.19 bits per heavy atom. The van der Waals surface area contributed by atoms with Crippen molar-refractivity contribution in [3.63, 3.8) is 0 Å². The molecule has 1 saturated heterocycles. The SMILES string of the molecule is Cc1ccc(CN(C)CC(=O)Nc2ccccc2N2CCCC2=O)c(C)c1. The fraction of sp³-hybridized carbons (Fsp3) is 0.364. The minimum atomic E-state index is -0.0821. The summed E-state index contributed by atoms with van der Waals surface area (Å²) in [6, 6.07) is 13.9. The summed E-state index contributed by atoms with van der Waals surface area (Å²) in [5.41, 5.74) is 5.17. The van der Waals surface area contributed by atoms with Crippen LogP contribution in [0.3, 0.4) is 0 Å². The molecule has 0 spiro atoms. The molecule has 1 N–H and O–H groups in total. The minimum absolute atomic E-state index is 0.0821. The number of carbonyl (C=O) groups is 2. The zero-order valence-corrected chi connectivity index (χ0v) is 16.3. The topological polar surface area (TPSA) is 52.7 Å². The van der Waals surface area contributed by atoms with Crippen molar-refractivity contribution in [3.8, 4) is 0 Å². The van der Waals surface area contributed by atoms with Crippen molar-refractivity contribution in [3.05, 3.63) is 59.2 Å². The molecule has 2 aromatic rings. The lowest BCUT2D eigenvalue weighted by Gasteiger charge is -2.21. The van der Waals surface area contributed by atoms with Gasteiger partial charge in [-0.25, -0.2) is 0 Å². The van der Waals surface area contributed by atoms with Crippen molar-refractivity contribution >= 4 is 23.2 Å². The summed E-state index contributed by atoms with van der Waals surface area (Å²) in [4.78, 5) is 28.4. The molecule has 0 saturated carbocycles. The van der Waals surface area contributed by atoms with Gasteiger partial charge in [0.2, 0.25) is 11.8 Å². The smallest absolute Gasteiger partial charge is 0.238 e. The van der Waals surface area contributed by atoms with E-state index in [0.29, 0.717) is 25.2 Å². The second-order valence-electron chi connectivity index (χ2n) is 7.32. The van der Waals surface area contributed by atoms with Crippen LogP contribution in [0.15, 0.2) is 42.5 Å². The number of nitrogens with one attached hydrogen (secondary N) is 1. The maximum absolute atomic E-state index is 12.5. The summed E-state index contributed by atoms with van der Waals surface area (Å²) >= 11 is 0. The number of carbonyl (C=O) groups excluding carboxylic acids is 2. The summed E-state index contributed by atoms with van der Waals surface area (Å²) in [7, 11) is 1.94. The lowest BCUT2D eigenvalue weighted by Crippen LogP contribution is -2.31. The van der Waals surface area contributed by atoms with Crippen LogP contribution >= 0.6 is 0 Å². The standard InChI is InChI=1S/C22H27N3O2/c1-16-10-11-18(17(2)13-16)14-24(3)15-21(26)23-19-7-4-5-8-20(19)25-12-6-9-22(25)27/h4-5,7-8,10-11,13H,6,9,12,14-15H2,1-3H3,(H,23,26). The molecule has 2 aromatic carbocycles. The van der Waals surface area contributed by atoms with Crippen LogP contribution in [0.25, 0.3) is 0 Å². The van der Waals surface area contributed by atoms with Crippen LogP contribution in [0.2, 0.25) is 0 Å². The van der Waals surface area contributed by atoms with Crippen molar-refractivity contribution in [2.45, 2.75) is 33.2 Å². The van der Waals surface area contributed by atoms with E-state index < -0.39 is 0 Å². The third-order valence-electron chi connectivity index (χ3n) is 4.89. The first kappa shape index (κ1) is 19.1. The summed E-state index contributed by atoms with van der Waals surface area (Å²) < 4.78 is 0. The molecule has 0 bridgehead atoms. The van der Waals surface area contributed by atoms with Crippen LogP contribution in [-0.2, 0) is 16.1 Å². The molecule has 1 aliphatic rings. The molecule has 1 fully saturated rings. The Labute approximate surface area is 161 Å². The van der Waals surface area contributed by atoms with Gasteiger partial charge in [-0.1, -0.05) is 35.9 Å². The normalized spacial score (nSPS) is 14.1. The molecule has 0 unspecified atom stereocenters. The van der Waals surface area contributed by atoms with E-state index in [-0.39, 0.29) is 18.4 Å². The summed E-state index contributed by atoms with van der Waals surface area (Å²) in [6.07, 6.45) is 1.43. The van der Waals surface area contributed by atoms with Gasteiger partial charge in [0.25, 0.3) is 0 Å². The van der Waals surface area contributed by atoms with E-state index in [1.54, 1.807) is 4.90 Å². The van der Waals surface area contributed by atoms with Crippen molar-refractivity contribution < 1.29 is 9.59 Å². The van der Waals surface area contributed by atoms with Gasteiger partial charge in [0.1, 0.15) is 0 Å². The Hall–Kier alpha value is -2.66. The van der Waals surface area contributed by atoms with E-state index in [9.17, 15) is 9.59 Å². The Bertz CT molecular complexity index is 847. The number of likely N-dealkylation sites (N-methyl/N-ethyl adjacent to an activating group) is 1.